The van der Waals surface area contributed by atoms with Crippen LogP contribution in [-0.4, -0.2) is 48.1 Å². The molecule has 0 unspecified atom stereocenters. The SMILES string of the molecule is CNC1(C)CCN(C2CCSCC2)CC1. The van der Waals surface area contributed by atoms with Gasteiger partial charge in [0.1, 0.15) is 0 Å². The summed E-state index contributed by atoms with van der Waals surface area (Å²) in [6.07, 6.45) is 5.46. The Morgan fingerprint density at radius 3 is 2.33 bits per heavy atom. The maximum Gasteiger partial charge on any atom is 0.0174 e. The van der Waals surface area contributed by atoms with Gasteiger partial charge in [0.05, 0.1) is 0 Å². The molecule has 88 valence electrons. The van der Waals surface area contributed by atoms with Crippen LogP contribution in [0.2, 0.25) is 0 Å². The van der Waals surface area contributed by atoms with Crippen molar-refractivity contribution < 1.29 is 0 Å². The summed E-state index contributed by atoms with van der Waals surface area (Å²) in [6, 6.07) is 0.896. The van der Waals surface area contributed by atoms with E-state index in [-0.39, 0.29) is 0 Å². The second kappa shape index (κ2) is 5.07. The molecule has 3 heteroatoms. The second-order valence-electron chi connectivity index (χ2n) is 5.19. The fourth-order valence-electron chi connectivity index (χ4n) is 2.68. The summed E-state index contributed by atoms with van der Waals surface area (Å²) in [4.78, 5) is 2.73. The monoisotopic (exact) mass is 228 g/mol. The first-order valence-electron chi connectivity index (χ1n) is 6.24. The Bertz CT molecular complexity index is 194. The van der Waals surface area contributed by atoms with Gasteiger partial charge < -0.3 is 10.2 Å². The van der Waals surface area contributed by atoms with Crippen LogP contribution in [0.3, 0.4) is 0 Å². The van der Waals surface area contributed by atoms with Crippen molar-refractivity contribution >= 4 is 11.8 Å². The molecule has 2 nitrogen and oxygen atoms in total. The number of nitrogens with zero attached hydrogens (tertiary/aromatic N) is 1. The lowest BCUT2D eigenvalue weighted by molar-refractivity contribution is 0.105. The van der Waals surface area contributed by atoms with Crippen molar-refractivity contribution in [3.05, 3.63) is 0 Å². The Balaban J connectivity index is 1.82. The maximum atomic E-state index is 3.47. The third kappa shape index (κ3) is 2.89. The Morgan fingerprint density at radius 2 is 1.80 bits per heavy atom. The van der Waals surface area contributed by atoms with Crippen LogP contribution in [0.4, 0.5) is 0 Å². The first kappa shape index (κ1) is 11.7. The van der Waals surface area contributed by atoms with E-state index in [1.807, 2.05) is 0 Å². The van der Waals surface area contributed by atoms with E-state index in [0.717, 1.165) is 6.04 Å². The molecule has 2 aliphatic heterocycles. The number of piperidine rings is 1. The van der Waals surface area contributed by atoms with Gasteiger partial charge in [-0.25, -0.2) is 0 Å². The van der Waals surface area contributed by atoms with Gasteiger partial charge in [-0.2, -0.15) is 11.8 Å². The molecule has 0 amide bonds. The van der Waals surface area contributed by atoms with Gasteiger partial charge in [-0.05, 0) is 51.2 Å². The van der Waals surface area contributed by atoms with E-state index in [0.29, 0.717) is 5.54 Å². The average molecular weight is 228 g/mol. The van der Waals surface area contributed by atoms with E-state index in [4.69, 9.17) is 0 Å². The molecule has 0 bridgehead atoms. The average Bonchev–Trinajstić information content (AvgIpc) is 2.31. The topological polar surface area (TPSA) is 15.3 Å². The molecular weight excluding hydrogens is 204 g/mol. The minimum atomic E-state index is 0.403. The summed E-state index contributed by atoms with van der Waals surface area (Å²) < 4.78 is 0. The molecule has 1 N–H and O–H groups in total. The molecule has 0 spiro atoms. The molecule has 2 saturated heterocycles. The highest BCUT2D eigenvalue weighted by Crippen LogP contribution is 2.27. The van der Waals surface area contributed by atoms with Crippen LogP contribution in [0.15, 0.2) is 0 Å². The highest BCUT2D eigenvalue weighted by molar-refractivity contribution is 7.99. The van der Waals surface area contributed by atoms with Crippen molar-refractivity contribution in [1.29, 1.82) is 0 Å². The van der Waals surface area contributed by atoms with Gasteiger partial charge in [-0.1, -0.05) is 0 Å². The minimum Gasteiger partial charge on any atom is -0.314 e. The highest BCUT2D eigenvalue weighted by atomic mass is 32.2. The van der Waals surface area contributed by atoms with E-state index in [1.54, 1.807) is 0 Å². The van der Waals surface area contributed by atoms with Gasteiger partial charge in [0, 0.05) is 24.7 Å². The first-order valence-corrected chi connectivity index (χ1v) is 7.40. The zero-order valence-corrected chi connectivity index (χ0v) is 10.9. The van der Waals surface area contributed by atoms with Gasteiger partial charge in [0.25, 0.3) is 0 Å². The zero-order chi connectivity index (χ0) is 10.7. The molecule has 0 saturated carbocycles. The smallest absolute Gasteiger partial charge is 0.0174 e. The third-order valence-corrected chi connectivity index (χ3v) is 5.26. The number of nitrogens with one attached hydrogen (secondary N) is 1. The van der Waals surface area contributed by atoms with Crippen LogP contribution < -0.4 is 5.32 Å². The lowest BCUT2D eigenvalue weighted by Crippen LogP contribution is -2.52. The van der Waals surface area contributed by atoms with Gasteiger partial charge in [0.2, 0.25) is 0 Å². The van der Waals surface area contributed by atoms with Crippen molar-refractivity contribution in [2.45, 2.75) is 44.2 Å². The summed E-state index contributed by atoms with van der Waals surface area (Å²) in [5.74, 6) is 2.76. The van der Waals surface area contributed by atoms with Crippen LogP contribution in [0.1, 0.15) is 32.6 Å². The lowest BCUT2D eigenvalue weighted by atomic mass is 9.88. The maximum absolute atomic E-state index is 3.47. The van der Waals surface area contributed by atoms with Gasteiger partial charge in [-0.3, -0.25) is 0 Å². The molecule has 0 aromatic heterocycles. The standard InChI is InChI=1S/C12H24N2S/c1-12(13-2)5-7-14(8-6-12)11-3-9-15-10-4-11/h11,13H,3-10H2,1-2H3. The van der Waals surface area contributed by atoms with Crippen LogP contribution in [0, 0.1) is 0 Å². The number of likely N-dealkylation sites (tertiary alicyclic amines) is 1. The molecule has 0 radical (unpaired) electrons. The van der Waals surface area contributed by atoms with E-state index in [9.17, 15) is 0 Å². The molecular formula is C12H24N2S. The molecule has 15 heavy (non-hydrogen) atoms. The minimum absolute atomic E-state index is 0.403. The summed E-state index contributed by atoms with van der Waals surface area (Å²) in [5.41, 5.74) is 0.403. The number of hydrogen-bond donors (Lipinski definition) is 1. The van der Waals surface area contributed by atoms with E-state index in [1.165, 1.54) is 50.3 Å². The fraction of sp³-hybridized carbons (Fsp3) is 1.00. The molecule has 0 aromatic rings. The fourth-order valence-corrected chi connectivity index (χ4v) is 3.76. The van der Waals surface area contributed by atoms with E-state index in [2.05, 4.69) is 35.9 Å². The Kier molecular flexibility index (Phi) is 3.97. The molecule has 2 heterocycles. The van der Waals surface area contributed by atoms with Crippen molar-refractivity contribution in [3.8, 4) is 0 Å². The highest BCUT2D eigenvalue weighted by Gasteiger charge is 2.31. The predicted molar refractivity (Wildman–Crippen MR) is 68.6 cm³/mol. The Hall–Kier alpha value is 0.270. The van der Waals surface area contributed by atoms with Crippen LogP contribution in [0.5, 0.6) is 0 Å². The third-order valence-electron chi connectivity index (χ3n) is 4.21. The Labute approximate surface area is 98.2 Å². The number of thioether (sulfide) groups is 1. The molecule has 0 aromatic carbocycles. The van der Waals surface area contributed by atoms with Crippen LogP contribution in [0.25, 0.3) is 0 Å². The number of hydrogen-bond acceptors (Lipinski definition) is 3. The number of rotatable bonds is 2. The van der Waals surface area contributed by atoms with Crippen LogP contribution >= 0.6 is 11.8 Å². The van der Waals surface area contributed by atoms with E-state index < -0.39 is 0 Å². The molecule has 2 aliphatic rings. The normalized spacial score (nSPS) is 29.2. The van der Waals surface area contributed by atoms with Crippen LogP contribution in [-0.2, 0) is 0 Å². The van der Waals surface area contributed by atoms with E-state index >= 15 is 0 Å². The molecule has 2 rings (SSSR count). The van der Waals surface area contributed by atoms with Gasteiger partial charge >= 0.3 is 0 Å². The van der Waals surface area contributed by atoms with Gasteiger partial charge in [-0.15, -0.1) is 0 Å². The molecule has 2 fully saturated rings. The summed E-state index contributed by atoms with van der Waals surface area (Å²) in [5, 5.41) is 3.47. The van der Waals surface area contributed by atoms with Crippen molar-refractivity contribution in [2.75, 3.05) is 31.6 Å². The summed E-state index contributed by atoms with van der Waals surface area (Å²) in [6.45, 7) is 4.96. The second-order valence-corrected chi connectivity index (χ2v) is 6.41. The molecule has 0 atom stereocenters. The lowest BCUT2D eigenvalue weighted by Gasteiger charge is -2.43. The largest absolute Gasteiger partial charge is 0.314 e. The zero-order valence-electron chi connectivity index (χ0n) is 10.1. The quantitative estimate of drug-likeness (QED) is 0.778. The van der Waals surface area contributed by atoms with Crippen molar-refractivity contribution in [3.63, 3.8) is 0 Å². The van der Waals surface area contributed by atoms with Gasteiger partial charge in [0.15, 0.2) is 0 Å². The predicted octanol–water partition coefficient (Wildman–Crippen LogP) is 1.96. The Morgan fingerprint density at radius 1 is 1.20 bits per heavy atom. The summed E-state index contributed by atoms with van der Waals surface area (Å²) >= 11 is 2.13. The van der Waals surface area contributed by atoms with Crippen molar-refractivity contribution in [1.82, 2.24) is 10.2 Å². The van der Waals surface area contributed by atoms with Crippen molar-refractivity contribution in [2.24, 2.45) is 0 Å². The summed E-state index contributed by atoms with van der Waals surface area (Å²) in [7, 11) is 2.10. The molecule has 0 aliphatic carbocycles. The first-order chi connectivity index (χ1) is 7.23.